The van der Waals surface area contributed by atoms with Crippen LogP contribution in [0.2, 0.25) is 5.02 Å². The number of nitrogens with two attached hydrogens (primary N) is 1. The van der Waals surface area contributed by atoms with E-state index >= 15 is 0 Å². The van der Waals surface area contributed by atoms with E-state index < -0.39 is 5.82 Å². The van der Waals surface area contributed by atoms with Crippen molar-refractivity contribution in [1.82, 2.24) is 10.4 Å². The second kappa shape index (κ2) is 5.44. The van der Waals surface area contributed by atoms with Gasteiger partial charge in [0.05, 0.1) is 12.2 Å². The predicted molar refractivity (Wildman–Crippen MR) is 69.6 cm³/mol. The molecule has 3 N–H and O–H groups in total. The lowest BCUT2D eigenvalue weighted by Crippen LogP contribution is -2.29. The van der Waals surface area contributed by atoms with E-state index in [1.54, 1.807) is 6.20 Å². The molecular formula is C13H13ClFN3. The van der Waals surface area contributed by atoms with Gasteiger partial charge in [-0.25, -0.2) is 9.82 Å². The zero-order valence-corrected chi connectivity index (χ0v) is 10.6. The second-order valence-electron chi connectivity index (χ2n) is 4.06. The maximum atomic E-state index is 13.2. The van der Waals surface area contributed by atoms with Crippen LogP contribution in [-0.4, -0.2) is 4.98 Å². The quantitative estimate of drug-likeness (QED) is 0.663. The van der Waals surface area contributed by atoms with Crippen LogP contribution in [0.1, 0.15) is 22.7 Å². The molecule has 3 nitrogen and oxygen atoms in total. The Bertz CT molecular complexity index is 560. The molecule has 1 aromatic carbocycles. The van der Waals surface area contributed by atoms with Crippen LogP contribution in [0, 0.1) is 12.7 Å². The molecule has 0 aliphatic carbocycles. The van der Waals surface area contributed by atoms with Gasteiger partial charge in [0, 0.05) is 11.2 Å². The molecule has 1 heterocycles. The van der Waals surface area contributed by atoms with Gasteiger partial charge in [0.1, 0.15) is 5.82 Å². The van der Waals surface area contributed by atoms with E-state index in [0.29, 0.717) is 10.6 Å². The normalized spacial score (nSPS) is 12.4. The first-order chi connectivity index (χ1) is 8.61. The summed E-state index contributed by atoms with van der Waals surface area (Å²) < 4.78 is 13.2. The summed E-state index contributed by atoms with van der Waals surface area (Å²) in [7, 11) is 0. The van der Waals surface area contributed by atoms with Crippen LogP contribution in [0.25, 0.3) is 0 Å². The molecule has 1 atom stereocenters. The first kappa shape index (κ1) is 13.0. The Hall–Kier alpha value is -1.49. The Balaban J connectivity index is 2.45. The van der Waals surface area contributed by atoms with Crippen molar-refractivity contribution in [3.05, 3.63) is 64.2 Å². The van der Waals surface area contributed by atoms with Crippen molar-refractivity contribution in [2.75, 3.05) is 0 Å². The molecule has 0 saturated heterocycles. The fourth-order valence-electron chi connectivity index (χ4n) is 1.82. The van der Waals surface area contributed by atoms with Gasteiger partial charge in [-0.15, -0.1) is 0 Å². The number of pyridine rings is 1. The Morgan fingerprint density at radius 3 is 2.72 bits per heavy atom. The van der Waals surface area contributed by atoms with Crippen LogP contribution >= 0.6 is 11.6 Å². The van der Waals surface area contributed by atoms with Crippen LogP contribution in [0.3, 0.4) is 0 Å². The number of hydrazine groups is 1. The third-order valence-corrected chi connectivity index (χ3v) is 3.02. The molecule has 5 heteroatoms. The SMILES string of the molecule is Cc1ccc(C(NN)c2cncc(F)c2)c(Cl)c1. The maximum absolute atomic E-state index is 13.2. The van der Waals surface area contributed by atoms with Crippen molar-refractivity contribution < 1.29 is 4.39 Å². The van der Waals surface area contributed by atoms with E-state index in [2.05, 4.69) is 10.4 Å². The molecule has 0 aliphatic heterocycles. The van der Waals surface area contributed by atoms with E-state index in [9.17, 15) is 4.39 Å². The summed E-state index contributed by atoms with van der Waals surface area (Å²) in [6, 6.07) is 6.63. The first-order valence-corrected chi connectivity index (χ1v) is 5.82. The highest BCUT2D eigenvalue weighted by Crippen LogP contribution is 2.28. The summed E-state index contributed by atoms with van der Waals surface area (Å²) in [6.07, 6.45) is 2.71. The Kier molecular flexibility index (Phi) is 3.91. The van der Waals surface area contributed by atoms with Gasteiger partial charge in [0.25, 0.3) is 0 Å². The van der Waals surface area contributed by atoms with Gasteiger partial charge < -0.3 is 0 Å². The average molecular weight is 266 g/mol. The molecule has 0 amide bonds. The Morgan fingerprint density at radius 1 is 1.33 bits per heavy atom. The standard InChI is InChI=1S/C13H13ClFN3/c1-8-2-3-11(12(14)4-8)13(18-16)9-5-10(15)7-17-6-9/h2-7,13,18H,16H2,1H3. The summed E-state index contributed by atoms with van der Waals surface area (Å²) in [5, 5.41) is 0.585. The molecule has 1 aromatic heterocycles. The van der Waals surface area contributed by atoms with Crippen molar-refractivity contribution in [3.8, 4) is 0 Å². The molecule has 2 rings (SSSR count). The number of aryl methyl sites for hydroxylation is 1. The molecule has 2 aromatic rings. The number of nitrogens with one attached hydrogen (secondary N) is 1. The smallest absolute Gasteiger partial charge is 0.141 e. The van der Waals surface area contributed by atoms with Crippen molar-refractivity contribution in [1.29, 1.82) is 0 Å². The zero-order valence-electron chi connectivity index (χ0n) is 9.82. The van der Waals surface area contributed by atoms with Gasteiger partial charge in [-0.1, -0.05) is 23.7 Å². The van der Waals surface area contributed by atoms with Gasteiger partial charge in [-0.05, 0) is 35.7 Å². The van der Waals surface area contributed by atoms with E-state index in [-0.39, 0.29) is 6.04 Å². The number of halogens is 2. The molecule has 0 fully saturated rings. The highest BCUT2D eigenvalue weighted by atomic mass is 35.5. The molecule has 0 radical (unpaired) electrons. The van der Waals surface area contributed by atoms with Crippen molar-refractivity contribution in [3.63, 3.8) is 0 Å². The second-order valence-corrected chi connectivity index (χ2v) is 4.47. The molecule has 0 bridgehead atoms. The highest BCUT2D eigenvalue weighted by Gasteiger charge is 2.16. The molecule has 0 spiro atoms. The van der Waals surface area contributed by atoms with Crippen LogP contribution < -0.4 is 11.3 Å². The lowest BCUT2D eigenvalue weighted by molar-refractivity contribution is 0.598. The fourth-order valence-corrected chi connectivity index (χ4v) is 2.16. The number of benzene rings is 1. The molecule has 1 unspecified atom stereocenters. The topological polar surface area (TPSA) is 50.9 Å². The van der Waals surface area contributed by atoms with Crippen molar-refractivity contribution >= 4 is 11.6 Å². The van der Waals surface area contributed by atoms with Crippen LogP contribution in [-0.2, 0) is 0 Å². The molecular weight excluding hydrogens is 253 g/mol. The first-order valence-electron chi connectivity index (χ1n) is 5.44. The number of hydrogen-bond donors (Lipinski definition) is 2. The molecule has 18 heavy (non-hydrogen) atoms. The summed E-state index contributed by atoms with van der Waals surface area (Å²) in [5.74, 6) is 5.13. The lowest BCUT2D eigenvalue weighted by atomic mass is 9.99. The summed E-state index contributed by atoms with van der Waals surface area (Å²) in [5.41, 5.74) is 5.10. The zero-order chi connectivity index (χ0) is 13.1. The molecule has 0 aliphatic rings. The minimum atomic E-state index is -0.406. The van der Waals surface area contributed by atoms with E-state index in [0.717, 1.165) is 17.3 Å². The Morgan fingerprint density at radius 2 is 2.11 bits per heavy atom. The van der Waals surface area contributed by atoms with Crippen molar-refractivity contribution in [2.24, 2.45) is 5.84 Å². The van der Waals surface area contributed by atoms with Gasteiger partial charge in [-0.2, -0.15) is 0 Å². The minimum absolute atomic E-state index is 0.388. The lowest BCUT2D eigenvalue weighted by Gasteiger charge is -2.18. The third kappa shape index (κ3) is 2.67. The summed E-state index contributed by atoms with van der Waals surface area (Å²) >= 11 is 6.18. The van der Waals surface area contributed by atoms with Crippen LogP contribution in [0.4, 0.5) is 4.39 Å². The minimum Gasteiger partial charge on any atom is -0.271 e. The molecule has 94 valence electrons. The average Bonchev–Trinajstić information content (AvgIpc) is 2.33. The largest absolute Gasteiger partial charge is 0.271 e. The van der Waals surface area contributed by atoms with Gasteiger partial charge in [0.15, 0.2) is 0 Å². The van der Waals surface area contributed by atoms with E-state index in [1.165, 1.54) is 6.07 Å². The van der Waals surface area contributed by atoms with E-state index in [4.69, 9.17) is 17.4 Å². The van der Waals surface area contributed by atoms with Gasteiger partial charge >= 0.3 is 0 Å². The Labute approximate surface area is 110 Å². The highest BCUT2D eigenvalue weighted by molar-refractivity contribution is 6.31. The number of nitrogens with zero attached hydrogens (tertiary/aromatic N) is 1. The van der Waals surface area contributed by atoms with Crippen molar-refractivity contribution in [2.45, 2.75) is 13.0 Å². The monoisotopic (exact) mass is 265 g/mol. The summed E-state index contributed by atoms with van der Waals surface area (Å²) in [6.45, 7) is 1.95. The third-order valence-electron chi connectivity index (χ3n) is 2.69. The van der Waals surface area contributed by atoms with Gasteiger partial charge in [0.2, 0.25) is 0 Å². The number of aromatic nitrogens is 1. The van der Waals surface area contributed by atoms with Crippen LogP contribution in [0.5, 0.6) is 0 Å². The molecule has 0 saturated carbocycles. The maximum Gasteiger partial charge on any atom is 0.141 e. The summed E-state index contributed by atoms with van der Waals surface area (Å²) in [4.78, 5) is 3.81. The fraction of sp³-hybridized carbons (Fsp3) is 0.154. The predicted octanol–water partition coefficient (Wildman–Crippen LogP) is 2.74. The van der Waals surface area contributed by atoms with Crippen LogP contribution in [0.15, 0.2) is 36.7 Å². The number of rotatable bonds is 3. The van der Waals surface area contributed by atoms with Gasteiger partial charge in [-0.3, -0.25) is 10.8 Å². The number of hydrogen-bond acceptors (Lipinski definition) is 3. The van der Waals surface area contributed by atoms with E-state index in [1.807, 2.05) is 25.1 Å².